The Kier molecular flexibility index (Phi) is 7.92. The van der Waals surface area contributed by atoms with Crippen LogP contribution in [0.3, 0.4) is 0 Å². The summed E-state index contributed by atoms with van der Waals surface area (Å²) in [6, 6.07) is 0. The van der Waals surface area contributed by atoms with Gasteiger partial charge >= 0.3 is 17.6 Å². The molecule has 1 aromatic rings. The second kappa shape index (κ2) is 10.5. The normalized spacial score (nSPS) is 17.9. The highest BCUT2D eigenvalue weighted by Crippen LogP contribution is 2.24. The van der Waals surface area contributed by atoms with Crippen LogP contribution in [0.1, 0.15) is 51.9 Å². The van der Waals surface area contributed by atoms with Crippen molar-refractivity contribution in [2.45, 2.75) is 51.9 Å². The van der Waals surface area contributed by atoms with Crippen molar-refractivity contribution >= 4 is 46.3 Å². The summed E-state index contributed by atoms with van der Waals surface area (Å²) in [5, 5.41) is 0. The molecule has 2 aliphatic rings. The number of halogens is 1. The molecule has 3 heterocycles. The first kappa shape index (κ1) is 24.9. The van der Waals surface area contributed by atoms with Crippen molar-refractivity contribution in [3.05, 3.63) is 30.6 Å². The third kappa shape index (κ3) is 4.82. The van der Waals surface area contributed by atoms with Gasteiger partial charge in [0.1, 0.15) is 0 Å². The Balaban J connectivity index is 2.23. The SMILES string of the molecule is CCOC(=O)[C@H](N1CCCC1=O)n1cc(I)c(=O)n([C@@H](C(=O)OCC)N2CCCC2=O)c1=O. The highest BCUT2D eigenvalue weighted by atomic mass is 127. The largest absolute Gasteiger partial charge is 0.463 e. The van der Waals surface area contributed by atoms with Gasteiger partial charge in [0.25, 0.3) is 5.56 Å². The number of nitrogens with zero attached hydrogens (tertiary/aromatic N) is 4. The first-order valence-electron chi connectivity index (χ1n) is 10.7. The molecule has 0 N–H and O–H groups in total. The first-order valence-corrected chi connectivity index (χ1v) is 11.8. The van der Waals surface area contributed by atoms with Gasteiger partial charge in [0.05, 0.1) is 16.8 Å². The van der Waals surface area contributed by atoms with Gasteiger partial charge < -0.3 is 19.3 Å². The van der Waals surface area contributed by atoms with Gasteiger partial charge in [-0.3, -0.25) is 19.0 Å². The van der Waals surface area contributed by atoms with Crippen LogP contribution in [-0.2, 0) is 28.7 Å². The predicted molar refractivity (Wildman–Crippen MR) is 121 cm³/mol. The quantitative estimate of drug-likeness (QED) is 0.311. The summed E-state index contributed by atoms with van der Waals surface area (Å²) in [5.41, 5.74) is -1.85. The Morgan fingerprint density at radius 3 is 1.85 bits per heavy atom. The number of ether oxygens (including phenoxy) is 2. The summed E-state index contributed by atoms with van der Waals surface area (Å²) < 4.78 is 11.7. The van der Waals surface area contributed by atoms with E-state index in [0.29, 0.717) is 17.4 Å². The average Bonchev–Trinajstić information content (AvgIpc) is 3.38. The number of hydrogen-bond acceptors (Lipinski definition) is 8. The lowest BCUT2D eigenvalue weighted by Gasteiger charge is -2.30. The zero-order valence-electron chi connectivity index (χ0n) is 18.3. The van der Waals surface area contributed by atoms with E-state index in [9.17, 15) is 28.8 Å². The summed E-state index contributed by atoms with van der Waals surface area (Å²) in [6.07, 6.45) is -0.610. The Morgan fingerprint density at radius 2 is 1.39 bits per heavy atom. The molecule has 0 saturated carbocycles. The van der Waals surface area contributed by atoms with Gasteiger partial charge in [-0.1, -0.05) is 0 Å². The van der Waals surface area contributed by atoms with Crippen LogP contribution < -0.4 is 11.2 Å². The highest BCUT2D eigenvalue weighted by Gasteiger charge is 2.41. The van der Waals surface area contributed by atoms with Gasteiger partial charge in [-0.15, -0.1) is 0 Å². The van der Waals surface area contributed by atoms with Crippen molar-refractivity contribution < 1.29 is 28.7 Å². The summed E-state index contributed by atoms with van der Waals surface area (Å²) in [4.78, 5) is 79.5. The number of amides is 2. The molecule has 13 heteroatoms. The molecular weight excluding hydrogens is 551 g/mol. The van der Waals surface area contributed by atoms with Gasteiger partial charge in [0, 0.05) is 32.1 Å². The molecule has 33 heavy (non-hydrogen) atoms. The molecule has 2 saturated heterocycles. The number of hydrogen-bond donors (Lipinski definition) is 0. The molecule has 2 fully saturated rings. The zero-order valence-corrected chi connectivity index (χ0v) is 20.5. The summed E-state index contributed by atoms with van der Waals surface area (Å²) in [7, 11) is 0. The lowest BCUT2D eigenvalue weighted by molar-refractivity contribution is -0.159. The fourth-order valence-corrected chi connectivity index (χ4v) is 4.56. The molecule has 180 valence electrons. The number of likely N-dealkylation sites (tertiary alicyclic amines) is 2. The van der Waals surface area contributed by atoms with E-state index < -0.39 is 41.4 Å². The molecular formula is C20H25IN4O8. The van der Waals surface area contributed by atoms with E-state index in [0.717, 1.165) is 15.7 Å². The van der Waals surface area contributed by atoms with Crippen molar-refractivity contribution in [1.82, 2.24) is 18.9 Å². The Hall–Kier alpha value is -2.71. The summed E-state index contributed by atoms with van der Waals surface area (Å²) >= 11 is 1.68. The Labute approximate surface area is 202 Å². The minimum Gasteiger partial charge on any atom is -0.463 e. The fraction of sp³-hybridized carbons (Fsp3) is 0.600. The van der Waals surface area contributed by atoms with Crippen LogP contribution >= 0.6 is 22.6 Å². The topological polar surface area (TPSA) is 137 Å². The molecule has 1 aromatic heterocycles. The molecule has 0 radical (unpaired) electrons. The molecule has 3 rings (SSSR count). The van der Waals surface area contributed by atoms with Crippen LogP contribution in [0.15, 0.2) is 15.8 Å². The number of esters is 2. The smallest absolute Gasteiger partial charge is 0.350 e. The van der Waals surface area contributed by atoms with Crippen molar-refractivity contribution in [2.75, 3.05) is 26.3 Å². The average molecular weight is 576 g/mol. The predicted octanol–water partition coefficient (Wildman–Crippen LogP) is -0.0172. The molecule has 2 amide bonds. The number of aromatic nitrogens is 2. The van der Waals surface area contributed by atoms with E-state index in [1.807, 2.05) is 0 Å². The molecule has 12 nitrogen and oxygen atoms in total. The second-order valence-electron chi connectivity index (χ2n) is 7.47. The molecule has 0 bridgehead atoms. The third-order valence-corrected chi connectivity index (χ3v) is 6.16. The summed E-state index contributed by atoms with van der Waals surface area (Å²) in [6.45, 7) is 3.51. The first-order chi connectivity index (χ1) is 15.7. The molecule has 0 spiro atoms. The maximum Gasteiger partial charge on any atom is 0.350 e. The van der Waals surface area contributed by atoms with E-state index in [2.05, 4.69) is 0 Å². The molecule has 2 atom stereocenters. The van der Waals surface area contributed by atoms with Crippen LogP contribution in [-0.4, -0.2) is 69.0 Å². The number of carbonyl (C=O) groups excluding carboxylic acids is 4. The van der Waals surface area contributed by atoms with E-state index >= 15 is 0 Å². The fourth-order valence-electron chi connectivity index (χ4n) is 4.00. The lowest BCUT2D eigenvalue weighted by atomic mass is 10.3. The van der Waals surface area contributed by atoms with Crippen LogP contribution in [0.5, 0.6) is 0 Å². The summed E-state index contributed by atoms with van der Waals surface area (Å²) in [5.74, 6) is -2.53. The van der Waals surface area contributed by atoms with Gasteiger partial charge in [0.15, 0.2) is 0 Å². The number of rotatable bonds is 8. The maximum atomic E-state index is 13.6. The van der Waals surface area contributed by atoms with Crippen molar-refractivity contribution in [3.8, 4) is 0 Å². The molecule has 2 aliphatic heterocycles. The van der Waals surface area contributed by atoms with Crippen LogP contribution in [0.2, 0.25) is 0 Å². The van der Waals surface area contributed by atoms with Gasteiger partial charge in [-0.25, -0.2) is 19.0 Å². The highest BCUT2D eigenvalue weighted by molar-refractivity contribution is 14.1. The van der Waals surface area contributed by atoms with E-state index in [1.165, 1.54) is 4.90 Å². The minimum atomic E-state index is -1.63. The molecule has 0 unspecified atom stereocenters. The monoisotopic (exact) mass is 576 g/mol. The van der Waals surface area contributed by atoms with Crippen LogP contribution in [0.4, 0.5) is 0 Å². The molecule has 0 aliphatic carbocycles. The third-order valence-electron chi connectivity index (χ3n) is 5.42. The van der Waals surface area contributed by atoms with Crippen molar-refractivity contribution in [1.29, 1.82) is 0 Å². The van der Waals surface area contributed by atoms with Gasteiger partial charge in [-0.05, 0) is 49.3 Å². The zero-order chi connectivity index (χ0) is 24.3. The molecule has 0 aromatic carbocycles. The lowest BCUT2D eigenvalue weighted by Crippen LogP contribution is -2.54. The van der Waals surface area contributed by atoms with Crippen molar-refractivity contribution in [2.24, 2.45) is 0 Å². The maximum absolute atomic E-state index is 13.6. The Morgan fingerprint density at radius 1 is 0.909 bits per heavy atom. The van der Waals surface area contributed by atoms with Gasteiger partial charge in [-0.2, -0.15) is 0 Å². The standard InChI is InChI=1S/C20H25IN4O8/c1-3-32-18(29)15(22-9-5-7-13(22)26)24-11-12(21)17(28)25(20(24)31)16(19(30)33-4-2)23-10-6-8-14(23)27/h11,15-16H,3-10H2,1-2H3/t15-,16+/m1/s1. The van der Waals surface area contributed by atoms with E-state index in [-0.39, 0.29) is 48.6 Å². The Bertz CT molecular complexity index is 1080. The second-order valence-corrected chi connectivity index (χ2v) is 8.64. The van der Waals surface area contributed by atoms with E-state index in [4.69, 9.17) is 9.47 Å². The number of carbonyl (C=O) groups is 4. The van der Waals surface area contributed by atoms with Gasteiger partial charge in [0.2, 0.25) is 24.1 Å². The van der Waals surface area contributed by atoms with Crippen molar-refractivity contribution in [3.63, 3.8) is 0 Å². The van der Waals surface area contributed by atoms with Crippen LogP contribution in [0, 0.1) is 3.57 Å². The van der Waals surface area contributed by atoms with E-state index in [1.54, 1.807) is 36.4 Å². The van der Waals surface area contributed by atoms with Crippen LogP contribution in [0.25, 0.3) is 0 Å². The minimum absolute atomic E-state index is 0.00842.